The molecule has 0 aliphatic carbocycles. The average molecular weight is 405 g/mol. The van der Waals surface area contributed by atoms with Crippen molar-refractivity contribution in [2.75, 3.05) is 33.4 Å². The normalized spacial score (nSPS) is 19.5. The molecule has 0 unspecified atom stereocenters. The summed E-state index contributed by atoms with van der Waals surface area (Å²) >= 11 is 3.30. The Hall–Kier alpha value is -0.960. The molecule has 1 aromatic rings. The number of halogens is 1. The molecule has 2 rings (SSSR count). The molecule has 0 spiro atoms. The van der Waals surface area contributed by atoms with Crippen LogP contribution in [-0.2, 0) is 19.6 Å². The zero-order chi connectivity index (χ0) is 16.9. The summed E-state index contributed by atoms with van der Waals surface area (Å²) in [6, 6.07) is 6.54. The van der Waals surface area contributed by atoms with E-state index in [0.29, 0.717) is 32.5 Å². The van der Waals surface area contributed by atoms with Gasteiger partial charge in [0.15, 0.2) is 0 Å². The second kappa shape index (κ2) is 8.23. The van der Waals surface area contributed by atoms with Gasteiger partial charge in [-0.1, -0.05) is 15.9 Å². The lowest BCUT2D eigenvalue weighted by Crippen LogP contribution is -2.45. The molecule has 0 bridgehead atoms. The third-order valence-corrected chi connectivity index (χ3v) is 6.22. The van der Waals surface area contributed by atoms with Crippen molar-refractivity contribution >= 4 is 31.9 Å². The van der Waals surface area contributed by atoms with Crippen LogP contribution in [0.4, 0.5) is 0 Å². The van der Waals surface area contributed by atoms with Crippen LogP contribution in [0.25, 0.3) is 0 Å². The number of methoxy groups -OCH3 is 1. The van der Waals surface area contributed by atoms with E-state index in [9.17, 15) is 13.2 Å². The van der Waals surface area contributed by atoms with E-state index in [4.69, 9.17) is 4.74 Å². The van der Waals surface area contributed by atoms with Crippen molar-refractivity contribution in [2.45, 2.75) is 17.7 Å². The van der Waals surface area contributed by atoms with Gasteiger partial charge in [-0.3, -0.25) is 4.79 Å². The van der Waals surface area contributed by atoms with Gasteiger partial charge >= 0.3 is 0 Å². The highest BCUT2D eigenvalue weighted by Crippen LogP contribution is 2.24. The Balaban J connectivity index is 2.05. The minimum absolute atomic E-state index is 0.113. The molecule has 1 saturated heterocycles. The topological polar surface area (TPSA) is 75.7 Å². The quantitative estimate of drug-likeness (QED) is 0.730. The largest absolute Gasteiger partial charge is 0.383 e. The van der Waals surface area contributed by atoms with E-state index in [1.807, 2.05) is 0 Å². The summed E-state index contributed by atoms with van der Waals surface area (Å²) in [5.41, 5.74) is 0. The number of nitrogens with one attached hydrogen (secondary N) is 1. The fourth-order valence-corrected chi connectivity index (χ4v) is 4.34. The van der Waals surface area contributed by atoms with E-state index in [-0.39, 0.29) is 23.3 Å². The Labute approximate surface area is 145 Å². The van der Waals surface area contributed by atoms with Crippen LogP contribution >= 0.6 is 15.9 Å². The molecule has 6 nitrogen and oxygen atoms in total. The fraction of sp³-hybridized carbons (Fsp3) is 0.533. The van der Waals surface area contributed by atoms with Crippen molar-refractivity contribution in [1.82, 2.24) is 9.62 Å². The summed E-state index contributed by atoms with van der Waals surface area (Å²) in [4.78, 5) is 12.4. The molecule has 1 fully saturated rings. The number of amides is 1. The van der Waals surface area contributed by atoms with Gasteiger partial charge in [0.05, 0.1) is 17.4 Å². The van der Waals surface area contributed by atoms with Gasteiger partial charge in [-0.05, 0) is 37.1 Å². The van der Waals surface area contributed by atoms with Crippen molar-refractivity contribution < 1.29 is 17.9 Å². The van der Waals surface area contributed by atoms with Gasteiger partial charge in [-0.15, -0.1) is 0 Å². The molecule has 0 saturated carbocycles. The second-order valence-corrected chi connectivity index (χ2v) is 8.29. The first-order valence-electron chi connectivity index (χ1n) is 7.47. The third kappa shape index (κ3) is 4.76. The van der Waals surface area contributed by atoms with E-state index < -0.39 is 10.0 Å². The average Bonchev–Trinajstić information content (AvgIpc) is 2.55. The van der Waals surface area contributed by atoms with E-state index in [1.165, 1.54) is 4.31 Å². The first kappa shape index (κ1) is 18.4. The summed E-state index contributed by atoms with van der Waals surface area (Å²) in [6.07, 6.45) is 1.38. The van der Waals surface area contributed by atoms with E-state index in [1.54, 1.807) is 31.4 Å². The highest BCUT2D eigenvalue weighted by molar-refractivity contribution is 9.10. The molecule has 1 amide bonds. The molecule has 0 aromatic heterocycles. The van der Waals surface area contributed by atoms with Crippen molar-refractivity contribution in [2.24, 2.45) is 5.92 Å². The number of carbonyl (C=O) groups excluding carboxylic acids is 1. The zero-order valence-electron chi connectivity index (χ0n) is 13.0. The van der Waals surface area contributed by atoms with Crippen molar-refractivity contribution in [3.8, 4) is 0 Å². The highest BCUT2D eigenvalue weighted by Gasteiger charge is 2.33. The Morgan fingerprint density at radius 2 is 2.09 bits per heavy atom. The molecule has 1 heterocycles. The number of hydrogen-bond acceptors (Lipinski definition) is 4. The standard InChI is InChI=1S/C15H21BrN2O4S/c1-22-10-8-17-15(19)12-3-2-9-18(11-12)23(20,21)14-6-4-13(16)5-7-14/h4-7,12H,2-3,8-11H2,1H3,(H,17,19)/t12-/m0/s1. The Morgan fingerprint density at radius 3 is 2.74 bits per heavy atom. The maximum atomic E-state index is 12.7. The molecular formula is C15H21BrN2O4S. The van der Waals surface area contributed by atoms with Gasteiger partial charge in [-0.2, -0.15) is 4.31 Å². The number of nitrogens with zero attached hydrogens (tertiary/aromatic N) is 1. The lowest BCUT2D eigenvalue weighted by molar-refractivity contribution is -0.126. The second-order valence-electron chi connectivity index (χ2n) is 5.44. The lowest BCUT2D eigenvalue weighted by Gasteiger charge is -2.31. The summed E-state index contributed by atoms with van der Waals surface area (Å²) < 4.78 is 32.5. The molecule has 1 aliphatic heterocycles. The van der Waals surface area contributed by atoms with Gasteiger partial charge in [0.1, 0.15) is 0 Å². The van der Waals surface area contributed by atoms with Crippen LogP contribution in [0.1, 0.15) is 12.8 Å². The number of rotatable bonds is 6. The van der Waals surface area contributed by atoms with Crippen LogP contribution in [0.3, 0.4) is 0 Å². The van der Waals surface area contributed by atoms with Gasteiger partial charge < -0.3 is 10.1 Å². The van der Waals surface area contributed by atoms with Crippen LogP contribution in [0.2, 0.25) is 0 Å². The summed E-state index contributed by atoms with van der Waals surface area (Å²) in [5.74, 6) is -0.427. The predicted octanol–water partition coefficient (Wildman–Crippen LogP) is 1.61. The summed E-state index contributed by atoms with van der Waals surface area (Å²) in [5, 5.41) is 2.78. The first-order chi connectivity index (χ1) is 10.9. The van der Waals surface area contributed by atoms with Crippen LogP contribution in [0.15, 0.2) is 33.6 Å². The van der Waals surface area contributed by atoms with Gasteiger partial charge in [0, 0.05) is 31.2 Å². The predicted molar refractivity (Wildman–Crippen MR) is 90.5 cm³/mol. The van der Waals surface area contributed by atoms with Crippen LogP contribution < -0.4 is 5.32 Å². The minimum Gasteiger partial charge on any atom is -0.383 e. The molecule has 23 heavy (non-hydrogen) atoms. The van der Waals surface area contributed by atoms with E-state index in [0.717, 1.165) is 4.47 Å². The maximum absolute atomic E-state index is 12.7. The molecule has 1 N–H and O–H groups in total. The molecule has 1 aliphatic rings. The smallest absolute Gasteiger partial charge is 0.243 e. The first-order valence-corrected chi connectivity index (χ1v) is 9.71. The van der Waals surface area contributed by atoms with E-state index in [2.05, 4.69) is 21.2 Å². The Kier molecular flexibility index (Phi) is 6.58. The Bertz CT molecular complexity index is 633. The molecule has 0 radical (unpaired) electrons. The molecule has 1 aromatic carbocycles. The van der Waals surface area contributed by atoms with Crippen LogP contribution in [-0.4, -0.2) is 52.0 Å². The maximum Gasteiger partial charge on any atom is 0.243 e. The van der Waals surface area contributed by atoms with E-state index >= 15 is 0 Å². The molecular weight excluding hydrogens is 384 g/mol. The number of sulfonamides is 1. The minimum atomic E-state index is -3.56. The fourth-order valence-electron chi connectivity index (χ4n) is 2.55. The van der Waals surface area contributed by atoms with Crippen molar-refractivity contribution in [3.05, 3.63) is 28.7 Å². The summed E-state index contributed by atoms with van der Waals surface area (Å²) in [7, 11) is -1.99. The van der Waals surface area contributed by atoms with Crippen molar-refractivity contribution in [1.29, 1.82) is 0 Å². The van der Waals surface area contributed by atoms with Crippen LogP contribution in [0, 0.1) is 5.92 Å². The number of piperidine rings is 1. The SMILES string of the molecule is COCCNC(=O)[C@H]1CCCN(S(=O)(=O)c2ccc(Br)cc2)C1. The summed E-state index contributed by atoms with van der Waals surface area (Å²) in [6.45, 7) is 1.54. The highest BCUT2D eigenvalue weighted by atomic mass is 79.9. The Morgan fingerprint density at radius 1 is 1.39 bits per heavy atom. The molecule has 8 heteroatoms. The van der Waals surface area contributed by atoms with Crippen molar-refractivity contribution in [3.63, 3.8) is 0 Å². The van der Waals surface area contributed by atoms with Gasteiger partial charge in [0.25, 0.3) is 0 Å². The lowest BCUT2D eigenvalue weighted by atomic mass is 9.99. The number of hydrogen-bond donors (Lipinski definition) is 1. The van der Waals surface area contributed by atoms with Gasteiger partial charge in [-0.25, -0.2) is 8.42 Å². The zero-order valence-corrected chi connectivity index (χ0v) is 15.4. The number of carbonyl (C=O) groups is 1. The van der Waals surface area contributed by atoms with Gasteiger partial charge in [0.2, 0.25) is 15.9 Å². The van der Waals surface area contributed by atoms with Crippen LogP contribution in [0.5, 0.6) is 0 Å². The molecule has 1 atom stereocenters. The molecule has 128 valence electrons. The number of benzene rings is 1. The third-order valence-electron chi connectivity index (χ3n) is 3.81. The monoisotopic (exact) mass is 404 g/mol. The number of ether oxygens (including phenoxy) is 1.